The van der Waals surface area contributed by atoms with E-state index < -0.39 is 15.8 Å². The van der Waals surface area contributed by atoms with Crippen LogP contribution in [0.25, 0.3) is 0 Å². The molecule has 0 N–H and O–H groups in total. The topological polar surface area (TPSA) is 89.5 Å². The molecular weight excluding hydrogens is 180 g/mol. The van der Waals surface area contributed by atoms with E-state index in [9.17, 15) is 27.3 Å². The largest absolute Gasteiger partial charge is 0.753 e. The third-order valence-corrected chi connectivity index (χ3v) is 1.76. The molecule has 0 amide bonds. The van der Waals surface area contributed by atoms with Crippen LogP contribution >= 0.6 is 15.8 Å². The van der Waals surface area contributed by atoms with Crippen LogP contribution in [0, 0.1) is 0 Å². The van der Waals surface area contributed by atoms with Gasteiger partial charge in [-0.05, 0) is 0 Å². The van der Waals surface area contributed by atoms with Crippen molar-refractivity contribution in [1.82, 2.24) is 0 Å². The Bertz CT molecular complexity index is 153. The molecule has 0 rings (SSSR count). The summed E-state index contributed by atoms with van der Waals surface area (Å²) < 4.78 is 42.7. The molecular formula is F2O5P2-2. The van der Waals surface area contributed by atoms with Gasteiger partial charge in [-0.1, -0.05) is 0 Å². The Balaban J connectivity index is 4.07. The van der Waals surface area contributed by atoms with Gasteiger partial charge in [0.1, 0.15) is 0 Å². The zero-order chi connectivity index (χ0) is 7.71. The summed E-state index contributed by atoms with van der Waals surface area (Å²) in [5.41, 5.74) is 0. The van der Waals surface area contributed by atoms with Crippen LogP contribution in [-0.2, 0) is 13.4 Å². The molecule has 0 aliphatic rings. The van der Waals surface area contributed by atoms with E-state index in [4.69, 9.17) is 0 Å². The zero-order valence-electron chi connectivity index (χ0n) is 3.69. The Labute approximate surface area is 48.6 Å². The lowest BCUT2D eigenvalue weighted by Gasteiger charge is -2.18. The van der Waals surface area contributed by atoms with Crippen molar-refractivity contribution in [1.29, 1.82) is 0 Å². The van der Waals surface area contributed by atoms with E-state index in [-0.39, 0.29) is 0 Å². The fraction of sp³-hybridized carbons (Fsp3) is 0. The highest BCUT2D eigenvalue weighted by Crippen LogP contribution is 2.55. The van der Waals surface area contributed by atoms with Crippen LogP contribution in [0.1, 0.15) is 0 Å². The van der Waals surface area contributed by atoms with Gasteiger partial charge in [0.05, 0.1) is 0 Å². The predicted molar refractivity (Wildman–Crippen MR) is 18.5 cm³/mol. The standard InChI is InChI=1S/F2H2O5P2/c1-8(3,4)7-9(2,5)6/h(H,3,4)(H,5,6)/p-2. The van der Waals surface area contributed by atoms with Gasteiger partial charge < -0.3 is 9.79 Å². The van der Waals surface area contributed by atoms with Gasteiger partial charge in [-0.3, -0.25) is 9.13 Å². The maximum absolute atomic E-state index is 11.1. The minimum atomic E-state index is -5.99. The van der Waals surface area contributed by atoms with Crippen molar-refractivity contribution in [2.24, 2.45) is 0 Å². The molecule has 2 unspecified atom stereocenters. The highest BCUT2D eigenvalue weighted by atomic mass is 31.3. The van der Waals surface area contributed by atoms with Crippen molar-refractivity contribution >= 4 is 15.8 Å². The van der Waals surface area contributed by atoms with Crippen LogP contribution in [0.2, 0.25) is 0 Å². The molecule has 0 radical (unpaired) electrons. The molecule has 9 heavy (non-hydrogen) atoms. The van der Waals surface area contributed by atoms with Crippen molar-refractivity contribution in [2.45, 2.75) is 0 Å². The molecule has 56 valence electrons. The lowest BCUT2D eigenvalue weighted by molar-refractivity contribution is -0.228. The Morgan fingerprint density at radius 2 is 1.33 bits per heavy atom. The second kappa shape index (κ2) is 2.44. The van der Waals surface area contributed by atoms with Crippen LogP contribution in [0.3, 0.4) is 0 Å². The predicted octanol–water partition coefficient (Wildman–Crippen LogP) is -0.121. The first kappa shape index (κ1) is 9.20. The summed E-state index contributed by atoms with van der Waals surface area (Å²) in [6.07, 6.45) is 0. The van der Waals surface area contributed by atoms with E-state index in [1.807, 2.05) is 0 Å². The van der Waals surface area contributed by atoms with Gasteiger partial charge in [-0.25, -0.2) is 4.31 Å². The van der Waals surface area contributed by atoms with E-state index >= 15 is 0 Å². The maximum atomic E-state index is 11.1. The molecule has 9 heteroatoms. The van der Waals surface area contributed by atoms with E-state index in [0.29, 0.717) is 0 Å². The highest BCUT2D eigenvalue weighted by Gasteiger charge is 2.14. The second-order valence-corrected chi connectivity index (χ2v) is 3.32. The molecule has 0 spiro atoms. The van der Waals surface area contributed by atoms with Crippen LogP contribution < -0.4 is 9.79 Å². The van der Waals surface area contributed by atoms with Gasteiger partial charge >= 0.3 is 15.8 Å². The summed E-state index contributed by atoms with van der Waals surface area (Å²) in [5, 5.41) is 0. The maximum Gasteiger partial charge on any atom is 0.314 e. The molecule has 2 atom stereocenters. The first-order valence-electron chi connectivity index (χ1n) is 1.43. The van der Waals surface area contributed by atoms with Crippen molar-refractivity contribution < 1.29 is 31.6 Å². The molecule has 0 aromatic carbocycles. The van der Waals surface area contributed by atoms with Crippen LogP contribution in [0.15, 0.2) is 0 Å². The Morgan fingerprint density at radius 1 is 1.11 bits per heavy atom. The van der Waals surface area contributed by atoms with Crippen molar-refractivity contribution in [2.75, 3.05) is 0 Å². The average Bonchev–Trinajstić information content (AvgIpc) is 1.14. The molecule has 0 fully saturated rings. The minimum Gasteiger partial charge on any atom is -0.753 e. The smallest absolute Gasteiger partial charge is 0.314 e. The number of rotatable bonds is 2. The van der Waals surface area contributed by atoms with E-state index in [1.165, 1.54) is 0 Å². The number of hydrogen-bond acceptors (Lipinski definition) is 5. The molecule has 5 nitrogen and oxygen atoms in total. The summed E-state index contributed by atoms with van der Waals surface area (Å²) in [5.74, 6) is 0. The quantitative estimate of drug-likeness (QED) is 0.552. The summed E-state index contributed by atoms with van der Waals surface area (Å²) >= 11 is 0. The Hall–Kier alpha value is 0.200. The van der Waals surface area contributed by atoms with Crippen LogP contribution in [0.4, 0.5) is 8.39 Å². The minimum absolute atomic E-state index is 2.29. The fourth-order valence-corrected chi connectivity index (χ4v) is 1.05. The molecule has 0 aliphatic heterocycles. The molecule has 0 aliphatic carbocycles. The highest BCUT2D eigenvalue weighted by molar-refractivity contribution is 7.59. The normalized spacial score (nSPS) is 24.4. The van der Waals surface area contributed by atoms with Gasteiger partial charge in [0.2, 0.25) is 0 Å². The second-order valence-electron chi connectivity index (χ2n) is 0.943. The van der Waals surface area contributed by atoms with Gasteiger partial charge in [0.15, 0.2) is 0 Å². The monoisotopic (exact) mass is 180 g/mol. The van der Waals surface area contributed by atoms with Crippen molar-refractivity contribution in [3.8, 4) is 0 Å². The SMILES string of the molecule is O=P([O-])(F)OP(=O)([O-])F. The van der Waals surface area contributed by atoms with Gasteiger partial charge in [-0.15, -0.1) is 0 Å². The Kier molecular flexibility index (Phi) is 2.49. The third-order valence-electron chi connectivity index (χ3n) is 0.195. The fourth-order valence-electron chi connectivity index (χ4n) is 0.116. The zero-order valence-corrected chi connectivity index (χ0v) is 5.48. The van der Waals surface area contributed by atoms with Crippen molar-refractivity contribution in [3.05, 3.63) is 0 Å². The van der Waals surface area contributed by atoms with Gasteiger partial charge in [-0.2, -0.15) is 8.39 Å². The lowest BCUT2D eigenvalue weighted by atomic mass is 15.8. The van der Waals surface area contributed by atoms with Gasteiger partial charge in [0.25, 0.3) is 0 Å². The molecule has 0 saturated heterocycles. The van der Waals surface area contributed by atoms with E-state index in [0.717, 1.165) is 0 Å². The molecule has 0 saturated carbocycles. The number of hydrogen-bond donors (Lipinski definition) is 0. The molecule has 0 aromatic rings. The Morgan fingerprint density at radius 3 is 1.33 bits per heavy atom. The molecule has 0 heterocycles. The third kappa shape index (κ3) is 8.20. The van der Waals surface area contributed by atoms with E-state index in [2.05, 4.69) is 4.31 Å². The summed E-state index contributed by atoms with van der Waals surface area (Å²) in [7, 11) is -12.0. The van der Waals surface area contributed by atoms with Crippen LogP contribution in [-0.4, -0.2) is 0 Å². The lowest BCUT2D eigenvalue weighted by Crippen LogP contribution is -2.02. The van der Waals surface area contributed by atoms with Crippen LogP contribution in [0.5, 0.6) is 0 Å². The summed E-state index contributed by atoms with van der Waals surface area (Å²) in [6, 6.07) is 0. The first-order chi connectivity index (χ1) is 3.71. The van der Waals surface area contributed by atoms with E-state index in [1.54, 1.807) is 0 Å². The number of halogens is 2. The van der Waals surface area contributed by atoms with Crippen molar-refractivity contribution in [3.63, 3.8) is 0 Å². The molecule has 0 aromatic heterocycles. The van der Waals surface area contributed by atoms with Gasteiger partial charge in [0, 0.05) is 0 Å². The summed E-state index contributed by atoms with van der Waals surface area (Å²) in [6.45, 7) is 0. The average molecular weight is 180 g/mol. The summed E-state index contributed by atoms with van der Waals surface area (Å²) in [4.78, 5) is 18.3. The molecule has 0 bridgehead atoms. The first-order valence-corrected chi connectivity index (χ1v) is 4.30.